The molecule has 160 valence electrons. The third-order valence-electron chi connectivity index (χ3n) is 5.35. The fourth-order valence-corrected chi connectivity index (χ4v) is 4.58. The highest BCUT2D eigenvalue weighted by atomic mass is 32.2. The molecule has 0 unspecified atom stereocenters. The van der Waals surface area contributed by atoms with Crippen molar-refractivity contribution >= 4 is 15.7 Å². The van der Waals surface area contributed by atoms with Gasteiger partial charge in [-0.25, -0.2) is 22.8 Å². The van der Waals surface area contributed by atoms with E-state index < -0.39 is 15.7 Å². The van der Waals surface area contributed by atoms with E-state index in [0.717, 1.165) is 6.26 Å². The number of nitrogens with zero attached hydrogens (tertiary/aromatic N) is 4. The van der Waals surface area contributed by atoms with E-state index in [1.54, 1.807) is 35.4 Å². The third kappa shape index (κ3) is 4.46. The van der Waals surface area contributed by atoms with Gasteiger partial charge in [-0.05, 0) is 37.1 Å². The zero-order valence-corrected chi connectivity index (χ0v) is 17.7. The van der Waals surface area contributed by atoms with E-state index in [1.165, 1.54) is 18.3 Å². The highest BCUT2D eigenvalue weighted by Gasteiger charge is 2.30. The number of rotatable bonds is 4. The van der Waals surface area contributed by atoms with Crippen LogP contribution in [0.1, 0.15) is 34.8 Å². The van der Waals surface area contributed by atoms with Crippen LogP contribution in [0.3, 0.4) is 0 Å². The first-order chi connectivity index (χ1) is 14.8. The zero-order chi connectivity index (χ0) is 22.0. The zero-order valence-electron chi connectivity index (χ0n) is 16.9. The molecule has 0 saturated carbocycles. The van der Waals surface area contributed by atoms with Crippen LogP contribution in [0, 0.1) is 5.82 Å². The van der Waals surface area contributed by atoms with Crippen LogP contribution in [-0.2, 0) is 9.84 Å². The summed E-state index contributed by atoms with van der Waals surface area (Å²) in [5.74, 6) is -0.728. The number of hydrogen-bond acceptors (Lipinski definition) is 6. The van der Waals surface area contributed by atoms with Gasteiger partial charge in [-0.2, -0.15) is 0 Å². The molecule has 1 saturated heterocycles. The van der Waals surface area contributed by atoms with Gasteiger partial charge in [0.2, 0.25) is 0 Å². The molecular formula is C22H21FN4O3S. The Bertz CT molecular complexity index is 1210. The van der Waals surface area contributed by atoms with E-state index in [9.17, 15) is 17.6 Å². The van der Waals surface area contributed by atoms with E-state index >= 15 is 0 Å². The predicted octanol–water partition coefficient (Wildman–Crippen LogP) is 3.10. The minimum absolute atomic E-state index is 0.0391. The number of benzene rings is 1. The number of sulfone groups is 1. The van der Waals surface area contributed by atoms with Crippen LogP contribution in [0.15, 0.2) is 59.8 Å². The van der Waals surface area contributed by atoms with Crippen molar-refractivity contribution in [3.63, 3.8) is 0 Å². The van der Waals surface area contributed by atoms with Crippen molar-refractivity contribution in [2.45, 2.75) is 23.7 Å². The van der Waals surface area contributed by atoms with Crippen LogP contribution < -0.4 is 0 Å². The van der Waals surface area contributed by atoms with Gasteiger partial charge in [0.1, 0.15) is 16.4 Å². The summed E-state index contributed by atoms with van der Waals surface area (Å²) in [5.41, 5.74) is 1.03. The standard InChI is InChI=1S/C22H21FN4O3S/c1-31(29,30)19-14-25-21(18-8-4-5-11-24-18)26-20(19)15-9-12-27(13-10-15)22(28)16-6-2-3-7-17(16)23/h2-8,11,14-15H,9-10,12-13H2,1H3. The van der Waals surface area contributed by atoms with Gasteiger partial charge in [0, 0.05) is 37.7 Å². The van der Waals surface area contributed by atoms with Gasteiger partial charge in [0.15, 0.2) is 15.7 Å². The van der Waals surface area contributed by atoms with Crippen molar-refractivity contribution in [2.75, 3.05) is 19.3 Å². The van der Waals surface area contributed by atoms with Crippen molar-refractivity contribution in [1.82, 2.24) is 19.9 Å². The second-order valence-corrected chi connectivity index (χ2v) is 9.46. The molecule has 1 fully saturated rings. The molecule has 1 aliphatic heterocycles. The lowest BCUT2D eigenvalue weighted by Gasteiger charge is -2.32. The molecule has 0 aliphatic carbocycles. The monoisotopic (exact) mass is 440 g/mol. The molecule has 4 rings (SSSR count). The number of carbonyl (C=O) groups excluding carboxylic acids is 1. The normalized spacial score (nSPS) is 15.1. The summed E-state index contributed by atoms with van der Waals surface area (Å²) in [6.45, 7) is 0.758. The average molecular weight is 441 g/mol. The largest absolute Gasteiger partial charge is 0.339 e. The molecule has 0 bridgehead atoms. The predicted molar refractivity (Wildman–Crippen MR) is 113 cm³/mol. The van der Waals surface area contributed by atoms with E-state index in [1.807, 2.05) is 6.07 Å². The van der Waals surface area contributed by atoms with Gasteiger partial charge >= 0.3 is 0 Å². The number of amides is 1. The lowest BCUT2D eigenvalue weighted by atomic mass is 9.92. The Hall–Kier alpha value is -3.20. The number of aromatic nitrogens is 3. The minimum Gasteiger partial charge on any atom is -0.339 e. The lowest BCUT2D eigenvalue weighted by molar-refractivity contribution is 0.0706. The first-order valence-corrected chi connectivity index (χ1v) is 11.8. The Labute approximate surface area is 179 Å². The molecule has 9 heteroatoms. The average Bonchev–Trinajstić information content (AvgIpc) is 2.79. The molecular weight excluding hydrogens is 419 g/mol. The molecule has 3 heterocycles. The molecule has 0 N–H and O–H groups in total. The maximum absolute atomic E-state index is 14.0. The number of likely N-dealkylation sites (tertiary alicyclic amines) is 1. The molecule has 1 amide bonds. The van der Waals surface area contributed by atoms with Gasteiger partial charge in [-0.3, -0.25) is 9.78 Å². The van der Waals surface area contributed by atoms with E-state index in [2.05, 4.69) is 15.0 Å². The van der Waals surface area contributed by atoms with Crippen molar-refractivity contribution in [1.29, 1.82) is 0 Å². The molecule has 0 spiro atoms. The molecule has 0 radical (unpaired) electrons. The van der Waals surface area contributed by atoms with Gasteiger partial charge < -0.3 is 4.90 Å². The van der Waals surface area contributed by atoms with Gasteiger partial charge in [0.05, 0.1) is 11.3 Å². The topological polar surface area (TPSA) is 93.1 Å². The highest BCUT2D eigenvalue weighted by molar-refractivity contribution is 7.90. The quantitative estimate of drug-likeness (QED) is 0.619. The SMILES string of the molecule is CS(=O)(=O)c1cnc(-c2ccccn2)nc1C1CCN(C(=O)c2ccccc2F)CC1. The second kappa shape index (κ2) is 8.50. The summed E-state index contributed by atoms with van der Waals surface area (Å²) in [5, 5.41) is 0. The first kappa shape index (κ1) is 21.0. The van der Waals surface area contributed by atoms with Crippen LogP contribution in [0.2, 0.25) is 0 Å². The lowest BCUT2D eigenvalue weighted by Crippen LogP contribution is -2.38. The van der Waals surface area contributed by atoms with Gasteiger partial charge in [-0.15, -0.1) is 0 Å². The fourth-order valence-electron chi connectivity index (χ4n) is 3.74. The van der Waals surface area contributed by atoms with Crippen LogP contribution in [-0.4, -0.2) is 53.5 Å². The summed E-state index contributed by atoms with van der Waals surface area (Å²) in [6.07, 6.45) is 5.11. The van der Waals surface area contributed by atoms with Gasteiger partial charge in [-0.1, -0.05) is 18.2 Å². The number of carbonyl (C=O) groups is 1. The second-order valence-electron chi connectivity index (χ2n) is 7.48. The van der Waals surface area contributed by atoms with E-state index in [4.69, 9.17) is 0 Å². The molecule has 31 heavy (non-hydrogen) atoms. The van der Waals surface area contributed by atoms with Crippen LogP contribution >= 0.6 is 0 Å². The smallest absolute Gasteiger partial charge is 0.256 e. The Kier molecular flexibility index (Phi) is 5.77. The Balaban J connectivity index is 1.60. The summed E-state index contributed by atoms with van der Waals surface area (Å²) >= 11 is 0. The van der Waals surface area contributed by atoms with E-state index in [-0.39, 0.29) is 22.3 Å². The minimum atomic E-state index is -3.54. The summed E-state index contributed by atoms with van der Waals surface area (Å²) in [4.78, 5) is 27.4. The van der Waals surface area contributed by atoms with Crippen LogP contribution in [0.5, 0.6) is 0 Å². The van der Waals surface area contributed by atoms with Crippen molar-refractivity contribution in [2.24, 2.45) is 0 Å². The summed E-state index contributed by atoms with van der Waals surface area (Å²) < 4.78 is 38.7. The maximum Gasteiger partial charge on any atom is 0.256 e. The highest BCUT2D eigenvalue weighted by Crippen LogP contribution is 2.32. The third-order valence-corrected chi connectivity index (χ3v) is 6.46. The van der Waals surface area contributed by atoms with Crippen molar-refractivity contribution < 1.29 is 17.6 Å². The maximum atomic E-state index is 14.0. The number of hydrogen-bond donors (Lipinski definition) is 0. The number of pyridine rings is 1. The number of piperidine rings is 1. The van der Waals surface area contributed by atoms with Gasteiger partial charge in [0.25, 0.3) is 5.91 Å². The molecule has 1 aliphatic rings. The van der Waals surface area contributed by atoms with Crippen LogP contribution in [0.25, 0.3) is 11.5 Å². The molecule has 2 aromatic heterocycles. The summed E-state index contributed by atoms with van der Waals surface area (Å²) in [7, 11) is -3.54. The number of halogens is 1. The fraction of sp³-hybridized carbons (Fsp3) is 0.273. The van der Waals surface area contributed by atoms with Crippen molar-refractivity contribution in [3.05, 3.63) is 71.9 Å². The first-order valence-electron chi connectivity index (χ1n) is 9.87. The Morgan fingerprint density at radius 2 is 1.77 bits per heavy atom. The molecule has 7 nitrogen and oxygen atoms in total. The molecule has 3 aromatic rings. The van der Waals surface area contributed by atoms with Crippen molar-refractivity contribution in [3.8, 4) is 11.5 Å². The Morgan fingerprint density at radius 1 is 1.06 bits per heavy atom. The molecule has 1 aromatic carbocycles. The Morgan fingerprint density at radius 3 is 2.42 bits per heavy atom. The molecule has 0 atom stereocenters. The van der Waals surface area contributed by atoms with Crippen LogP contribution in [0.4, 0.5) is 4.39 Å². The summed E-state index contributed by atoms with van der Waals surface area (Å²) in [6, 6.07) is 11.2. The van der Waals surface area contributed by atoms with E-state index in [0.29, 0.717) is 43.1 Å².